The van der Waals surface area contributed by atoms with E-state index < -0.39 is 5.82 Å². The Morgan fingerprint density at radius 1 is 1.53 bits per heavy atom. The molecule has 0 aliphatic carbocycles. The number of amides is 1. The van der Waals surface area contributed by atoms with Crippen LogP contribution in [0.25, 0.3) is 0 Å². The number of aromatic nitrogens is 1. The van der Waals surface area contributed by atoms with Crippen molar-refractivity contribution in [3.8, 4) is 0 Å². The maximum atomic E-state index is 13.0. The lowest BCUT2D eigenvalue weighted by Crippen LogP contribution is -2.26. The molecule has 0 aliphatic rings. The van der Waals surface area contributed by atoms with Crippen LogP contribution in [0.4, 0.5) is 4.39 Å². The van der Waals surface area contributed by atoms with E-state index in [1.165, 1.54) is 18.2 Å². The summed E-state index contributed by atoms with van der Waals surface area (Å²) in [4.78, 5) is 16.4. The number of thiazole rings is 1. The standard InChI is InChI=1S/C14H15FN2OS/c1-3-13-17-12(8-19-13)9(2)16-14(18)10-5-4-6-11(15)7-10/h4-9H,3H2,1-2H3,(H,16,18)/t9-/m0/s1. The second kappa shape index (κ2) is 5.93. The molecule has 1 heterocycles. The first-order valence-corrected chi connectivity index (χ1v) is 6.99. The summed E-state index contributed by atoms with van der Waals surface area (Å²) in [5.41, 5.74) is 1.16. The van der Waals surface area contributed by atoms with Gasteiger partial charge in [-0.2, -0.15) is 0 Å². The summed E-state index contributed by atoms with van der Waals surface area (Å²) in [6.45, 7) is 3.91. The third kappa shape index (κ3) is 3.38. The molecule has 0 bridgehead atoms. The van der Waals surface area contributed by atoms with Crippen LogP contribution >= 0.6 is 11.3 Å². The van der Waals surface area contributed by atoms with E-state index in [1.54, 1.807) is 17.4 Å². The highest BCUT2D eigenvalue weighted by Gasteiger charge is 2.14. The molecule has 2 aromatic rings. The summed E-state index contributed by atoms with van der Waals surface area (Å²) in [5, 5.41) is 5.80. The quantitative estimate of drug-likeness (QED) is 0.932. The highest BCUT2D eigenvalue weighted by atomic mass is 32.1. The summed E-state index contributed by atoms with van der Waals surface area (Å²) >= 11 is 1.58. The fourth-order valence-corrected chi connectivity index (χ4v) is 2.51. The van der Waals surface area contributed by atoms with Crippen molar-refractivity contribution in [3.05, 3.63) is 51.7 Å². The Bertz CT molecular complexity index is 582. The van der Waals surface area contributed by atoms with Gasteiger partial charge in [0.1, 0.15) is 5.82 Å². The molecule has 1 amide bonds. The number of hydrogen-bond acceptors (Lipinski definition) is 3. The molecule has 0 radical (unpaired) electrons. The van der Waals surface area contributed by atoms with E-state index in [4.69, 9.17) is 0 Å². The highest BCUT2D eigenvalue weighted by Crippen LogP contribution is 2.17. The van der Waals surface area contributed by atoms with Gasteiger partial charge in [-0.3, -0.25) is 4.79 Å². The second-order valence-electron chi connectivity index (χ2n) is 4.23. The van der Waals surface area contributed by atoms with Gasteiger partial charge < -0.3 is 5.32 Å². The molecule has 1 atom stereocenters. The topological polar surface area (TPSA) is 42.0 Å². The minimum Gasteiger partial charge on any atom is -0.344 e. The predicted octanol–water partition coefficient (Wildman–Crippen LogP) is 3.34. The van der Waals surface area contributed by atoms with Crippen molar-refractivity contribution in [1.29, 1.82) is 0 Å². The molecule has 3 nitrogen and oxygen atoms in total. The maximum absolute atomic E-state index is 13.0. The van der Waals surface area contributed by atoms with Crippen molar-refractivity contribution in [2.24, 2.45) is 0 Å². The number of halogens is 1. The van der Waals surface area contributed by atoms with Gasteiger partial charge in [-0.25, -0.2) is 9.37 Å². The summed E-state index contributed by atoms with van der Waals surface area (Å²) < 4.78 is 13.0. The number of aryl methyl sites for hydroxylation is 1. The zero-order valence-corrected chi connectivity index (χ0v) is 11.6. The molecule has 1 N–H and O–H groups in total. The number of carbonyl (C=O) groups excluding carboxylic acids is 1. The summed E-state index contributed by atoms with van der Waals surface area (Å²) in [6, 6.07) is 5.46. The molecule has 19 heavy (non-hydrogen) atoms. The van der Waals surface area contributed by atoms with Gasteiger partial charge in [0.15, 0.2) is 0 Å². The number of nitrogens with zero attached hydrogens (tertiary/aromatic N) is 1. The first kappa shape index (κ1) is 13.7. The minimum atomic E-state index is -0.415. The summed E-state index contributed by atoms with van der Waals surface area (Å²) in [6.07, 6.45) is 0.884. The van der Waals surface area contributed by atoms with Crippen molar-refractivity contribution < 1.29 is 9.18 Å². The molecule has 2 rings (SSSR count). The van der Waals surface area contributed by atoms with Crippen LogP contribution in [0.1, 0.15) is 40.9 Å². The van der Waals surface area contributed by atoms with Crippen molar-refractivity contribution >= 4 is 17.2 Å². The molecule has 0 aliphatic heterocycles. The molecular formula is C14H15FN2OS. The third-order valence-electron chi connectivity index (χ3n) is 2.75. The lowest BCUT2D eigenvalue weighted by molar-refractivity contribution is 0.0938. The predicted molar refractivity (Wildman–Crippen MR) is 73.8 cm³/mol. The van der Waals surface area contributed by atoms with Crippen LogP contribution in [-0.2, 0) is 6.42 Å². The summed E-state index contributed by atoms with van der Waals surface area (Å²) in [7, 11) is 0. The van der Waals surface area contributed by atoms with Crippen LogP contribution in [0, 0.1) is 5.82 Å². The lowest BCUT2D eigenvalue weighted by Gasteiger charge is -2.11. The molecule has 0 spiro atoms. The normalized spacial score (nSPS) is 12.2. The molecule has 1 aromatic carbocycles. The zero-order chi connectivity index (χ0) is 13.8. The van der Waals surface area contributed by atoms with E-state index in [9.17, 15) is 9.18 Å². The van der Waals surface area contributed by atoms with Crippen molar-refractivity contribution in [1.82, 2.24) is 10.3 Å². The van der Waals surface area contributed by atoms with Crippen LogP contribution in [0.5, 0.6) is 0 Å². The van der Waals surface area contributed by atoms with E-state index in [-0.39, 0.29) is 11.9 Å². The molecule has 0 saturated carbocycles. The van der Waals surface area contributed by atoms with Crippen LogP contribution in [0.2, 0.25) is 0 Å². The van der Waals surface area contributed by atoms with Crippen molar-refractivity contribution in [3.63, 3.8) is 0 Å². The van der Waals surface area contributed by atoms with Gasteiger partial charge in [0.2, 0.25) is 0 Å². The van der Waals surface area contributed by atoms with E-state index >= 15 is 0 Å². The van der Waals surface area contributed by atoms with Gasteiger partial charge in [0.25, 0.3) is 5.91 Å². The van der Waals surface area contributed by atoms with Crippen LogP contribution in [0.15, 0.2) is 29.6 Å². The van der Waals surface area contributed by atoms with Gasteiger partial charge in [-0.15, -0.1) is 11.3 Å². The van der Waals surface area contributed by atoms with Gasteiger partial charge in [0, 0.05) is 10.9 Å². The van der Waals surface area contributed by atoms with Crippen LogP contribution in [-0.4, -0.2) is 10.9 Å². The lowest BCUT2D eigenvalue weighted by atomic mass is 10.2. The average molecular weight is 278 g/mol. The van der Waals surface area contributed by atoms with Crippen LogP contribution in [0.3, 0.4) is 0 Å². The number of rotatable bonds is 4. The third-order valence-corrected chi connectivity index (χ3v) is 3.76. The van der Waals surface area contributed by atoms with Crippen molar-refractivity contribution in [2.45, 2.75) is 26.3 Å². The molecule has 0 fully saturated rings. The number of benzene rings is 1. The second-order valence-corrected chi connectivity index (χ2v) is 5.17. The first-order chi connectivity index (χ1) is 9.10. The molecule has 0 saturated heterocycles. The van der Waals surface area contributed by atoms with Gasteiger partial charge >= 0.3 is 0 Å². The van der Waals surface area contributed by atoms with Gasteiger partial charge in [0.05, 0.1) is 16.7 Å². The fraction of sp³-hybridized carbons (Fsp3) is 0.286. The first-order valence-electron chi connectivity index (χ1n) is 6.11. The fourth-order valence-electron chi connectivity index (χ4n) is 1.67. The Kier molecular flexibility index (Phi) is 4.27. The summed E-state index contributed by atoms with van der Waals surface area (Å²) in [5.74, 6) is -0.708. The molecule has 0 unspecified atom stereocenters. The molecular weight excluding hydrogens is 263 g/mol. The SMILES string of the molecule is CCc1nc([C@H](C)NC(=O)c2cccc(F)c2)cs1. The number of nitrogens with one attached hydrogen (secondary N) is 1. The number of hydrogen-bond donors (Lipinski definition) is 1. The Balaban J connectivity index is 2.06. The van der Waals surface area contributed by atoms with E-state index in [1.807, 2.05) is 19.2 Å². The maximum Gasteiger partial charge on any atom is 0.251 e. The largest absolute Gasteiger partial charge is 0.344 e. The Morgan fingerprint density at radius 3 is 2.95 bits per heavy atom. The van der Waals surface area contributed by atoms with Crippen LogP contribution < -0.4 is 5.32 Å². The smallest absolute Gasteiger partial charge is 0.251 e. The molecule has 100 valence electrons. The molecule has 5 heteroatoms. The molecule has 1 aromatic heterocycles. The van der Waals surface area contributed by atoms with Crippen molar-refractivity contribution in [2.75, 3.05) is 0 Å². The average Bonchev–Trinajstić information content (AvgIpc) is 2.87. The van der Waals surface area contributed by atoms with E-state index in [2.05, 4.69) is 10.3 Å². The monoisotopic (exact) mass is 278 g/mol. The Hall–Kier alpha value is -1.75. The number of carbonyl (C=O) groups is 1. The Labute approximate surface area is 115 Å². The Morgan fingerprint density at radius 2 is 2.32 bits per heavy atom. The highest BCUT2D eigenvalue weighted by molar-refractivity contribution is 7.09. The van der Waals surface area contributed by atoms with E-state index in [0.29, 0.717) is 5.56 Å². The van der Waals surface area contributed by atoms with E-state index in [0.717, 1.165) is 17.1 Å². The zero-order valence-electron chi connectivity index (χ0n) is 10.8. The minimum absolute atomic E-state index is 0.188. The van der Waals surface area contributed by atoms with Gasteiger partial charge in [-0.1, -0.05) is 13.0 Å². The van der Waals surface area contributed by atoms with Gasteiger partial charge in [-0.05, 0) is 31.5 Å².